The van der Waals surface area contributed by atoms with Crippen LogP contribution >= 0.6 is 12.4 Å². The van der Waals surface area contributed by atoms with E-state index >= 15 is 0 Å². The smallest absolute Gasteiger partial charge is 0.270 e. The Balaban J connectivity index is 0.00000264. The van der Waals surface area contributed by atoms with Gasteiger partial charge < -0.3 is 15.2 Å². The van der Waals surface area contributed by atoms with E-state index in [1.807, 2.05) is 18.7 Å². The molecule has 1 saturated heterocycles. The number of carbonyl (C=O) groups excluding carboxylic acids is 2. The highest BCUT2D eigenvalue weighted by molar-refractivity contribution is 6.02. The van der Waals surface area contributed by atoms with Crippen LogP contribution in [-0.2, 0) is 6.42 Å². The van der Waals surface area contributed by atoms with Crippen molar-refractivity contribution in [2.24, 2.45) is 0 Å². The summed E-state index contributed by atoms with van der Waals surface area (Å²) in [6.45, 7) is 10.1. The zero-order chi connectivity index (χ0) is 16.3. The summed E-state index contributed by atoms with van der Waals surface area (Å²) in [6.07, 6.45) is 2.61. The molecule has 0 aromatic carbocycles. The average Bonchev–Trinajstić information content (AvgIpc) is 3.10. The van der Waals surface area contributed by atoms with Gasteiger partial charge in [0.15, 0.2) is 5.78 Å². The van der Waals surface area contributed by atoms with E-state index in [4.69, 9.17) is 0 Å². The van der Waals surface area contributed by atoms with Crippen LogP contribution in [0.4, 0.5) is 0 Å². The third-order valence-electron chi connectivity index (χ3n) is 4.41. The van der Waals surface area contributed by atoms with Crippen molar-refractivity contribution in [1.29, 1.82) is 0 Å². The molecule has 1 atom stereocenters. The van der Waals surface area contributed by atoms with Crippen LogP contribution in [0.15, 0.2) is 0 Å². The minimum Gasteiger partial charge on any atom is -0.354 e. The number of hydrogen-bond donors (Lipinski definition) is 2. The van der Waals surface area contributed by atoms with Crippen LogP contribution in [0.3, 0.4) is 0 Å². The van der Waals surface area contributed by atoms with Gasteiger partial charge in [0.2, 0.25) is 0 Å². The molecule has 0 radical (unpaired) electrons. The number of aryl methyl sites for hydroxylation is 1. The van der Waals surface area contributed by atoms with Gasteiger partial charge in [-0.1, -0.05) is 13.8 Å². The third-order valence-corrected chi connectivity index (χ3v) is 4.41. The van der Waals surface area contributed by atoms with Crippen molar-refractivity contribution in [1.82, 2.24) is 15.2 Å². The maximum atomic E-state index is 13.0. The fourth-order valence-electron chi connectivity index (χ4n) is 3.43. The molecule has 0 aliphatic carbocycles. The van der Waals surface area contributed by atoms with Gasteiger partial charge in [-0.05, 0) is 45.2 Å². The molecular formula is C17H28ClN3O2. The molecule has 1 amide bonds. The predicted octanol–water partition coefficient (Wildman–Crippen LogP) is 2.72. The molecule has 2 rings (SSSR count). The molecule has 0 spiro atoms. The van der Waals surface area contributed by atoms with Crippen molar-refractivity contribution in [3.63, 3.8) is 0 Å². The van der Waals surface area contributed by atoms with Gasteiger partial charge in [0.05, 0.1) is 0 Å². The first-order valence-corrected chi connectivity index (χ1v) is 8.25. The maximum absolute atomic E-state index is 13.0. The van der Waals surface area contributed by atoms with Gasteiger partial charge in [0.1, 0.15) is 5.69 Å². The highest BCUT2D eigenvalue weighted by atomic mass is 35.5. The number of nitrogens with zero attached hydrogens (tertiary/aromatic N) is 1. The van der Waals surface area contributed by atoms with Crippen LogP contribution in [0, 0.1) is 6.92 Å². The van der Waals surface area contributed by atoms with Gasteiger partial charge in [0.25, 0.3) is 5.91 Å². The summed E-state index contributed by atoms with van der Waals surface area (Å²) in [6, 6.07) is 0.251. The van der Waals surface area contributed by atoms with Crippen LogP contribution in [0.1, 0.15) is 65.7 Å². The van der Waals surface area contributed by atoms with E-state index in [2.05, 4.69) is 17.2 Å². The molecular weight excluding hydrogens is 314 g/mol. The molecule has 0 saturated carbocycles. The molecule has 130 valence electrons. The second-order valence-electron chi connectivity index (χ2n) is 6.03. The number of ketones is 1. The molecule has 1 aliphatic heterocycles. The van der Waals surface area contributed by atoms with E-state index in [1.165, 1.54) is 0 Å². The average molecular weight is 342 g/mol. The molecule has 2 heterocycles. The molecule has 1 fully saturated rings. The van der Waals surface area contributed by atoms with Gasteiger partial charge in [-0.2, -0.15) is 0 Å². The van der Waals surface area contributed by atoms with Gasteiger partial charge in [-0.3, -0.25) is 9.59 Å². The normalized spacial score (nSPS) is 17.0. The summed E-state index contributed by atoms with van der Waals surface area (Å²) in [7, 11) is 0. The number of hydrogen-bond acceptors (Lipinski definition) is 3. The number of rotatable bonds is 6. The lowest BCUT2D eigenvalue weighted by Gasteiger charge is -2.28. The Morgan fingerprint density at radius 3 is 2.48 bits per heavy atom. The molecule has 2 N–H and O–H groups in total. The Hall–Kier alpha value is -1.33. The second kappa shape index (κ2) is 8.50. The molecule has 0 bridgehead atoms. The zero-order valence-corrected chi connectivity index (χ0v) is 15.3. The number of Topliss-reactive ketones (excluding diaryl/α,β-unsaturated/α-hetero) is 1. The van der Waals surface area contributed by atoms with Crippen LogP contribution in [-0.4, -0.2) is 47.3 Å². The molecule has 5 nitrogen and oxygen atoms in total. The number of aromatic amines is 1. The summed E-state index contributed by atoms with van der Waals surface area (Å²) >= 11 is 0. The first kappa shape index (κ1) is 19.7. The van der Waals surface area contributed by atoms with E-state index in [0.29, 0.717) is 17.7 Å². The number of aromatic nitrogens is 1. The van der Waals surface area contributed by atoms with E-state index in [1.54, 1.807) is 6.92 Å². The van der Waals surface area contributed by atoms with Crippen molar-refractivity contribution in [3.05, 3.63) is 22.5 Å². The Labute approximate surface area is 144 Å². The largest absolute Gasteiger partial charge is 0.354 e. The standard InChI is InChI=1S/C17H27N3O2.ClH/c1-5-9-20(13-7-8-18-10-13)17(22)16-14(6-2)15(12(4)21)11(3)19-16;/h13,18-19H,5-10H2,1-4H3;1H. The SMILES string of the molecule is CCCN(C(=O)c1[nH]c(C)c(C(C)=O)c1CC)C1CCNC1.Cl. The minimum absolute atomic E-state index is 0. The monoisotopic (exact) mass is 341 g/mol. The number of halogens is 1. The highest BCUT2D eigenvalue weighted by Crippen LogP contribution is 2.23. The summed E-state index contributed by atoms with van der Waals surface area (Å²) in [5.41, 5.74) is 2.95. The maximum Gasteiger partial charge on any atom is 0.270 e. The molecule has 1 aromatic rings. The number of nitrogens with one attached hydrogen (secondary N) is 2. The number of carbonyl (C=O) groups is 2. The molecule has 23 heavy (non-hydrogen) atoms. The Morgan fingerprint density at radius 2 is 2.00 bits per heavy atom. The van der Waals surface area contributed by atoms with Crippen molar-refractivity contribution < 1.29 is 9.59 Å². The second-order valence-corrected chi connectivity index (χ2v) is 6.03. The highest BCUT2D eigenvalue weighted by Gasteiger charge is 2.30. The van der Waals surface area contributed by atoms with Crippen molar-refractivity contribution in [2.45, 2.75) is 53.0 Å². The third kappa shape index (κ3) is 3.96. The van der Waals surface area contributed by atoms with E-state index in [9.17, 15) is 9.59 Å². The number of amides is 1. The Bertz CT molecular complexity index is 562. The fourth-order valence-corrected chi connectivity index (χ4v) is 3.43. The zero-order valence-electron chi connectivity index (χ0n) is 14.5. The van der Waals surface area contributed by atoms with Crippen LogP contribution < -0.4 is 5.32 Å². The molecule has 1 unspecified atom stereocenters. The van der Waals surface area contributed by atoms with Gasteiger partial charge in [-0.15, -0.1) is 12.4 Å². The van der Waals surface area contributed by atoms with Gasteiger partial charge >= 0.3 is 0 Å². The molecule has 6 heteroatoms. The lowest BCUT2D eigenvalue weighted by molar-refractivity contribution is 0.0685. The Morgan fingerprint density at radius 1 is 1.30 bits per heavy atom. The Kier molecular flexibility index (Phi) is 7.29. The van der Waals surface area contributed by atoms with Crippen LogP contribution in [0.25, 0.3) is 0 Å². The lowest BCUT2D eigenvalue weighted by atomic mass is 10.0. The summed E-state index contributed by atoms with van der Waals surface area (Å²) < 4.78 is 0. The number of H-pyrrole nitrogens is 1. The quantitative estimate of drug-likeness (QED) is 0.782. The first-order valence-electron chi connectivity index (χ1n) is 8.25. The summed E-state index contributed by atoms with van der Waals surface area (Å²) in [5, 5.41) is 3.32. The van der Waals surface area contributed by atoms with E-state index in [-0.39, 0.29) is 30.1 Å². The minimum atomic E-state index is 0. The molecule has 1 aliphatic rings. The van der Waals surface area contributed by atoms with E-state index < -0.39 is 0 Å². The lowest BCUT2D eigenvalue weighted by Crippen LogP contribution is -2.42. The van der Waals surface area contributed by atoms with E-state index in [0.717, 1.165) is 43.7 Å². The van der Waals surface area contributed by atoms with Crippen molar-refractivity contribution in [3.8, 4) is 0 Å². The molecule has 1 aromatic heterocycles. The van der Waals surface area contributed by atoms with Crippen LogP contribution in [0.2, 0.25) is 0 Å². The van der Waals surface area contributed by atoms with Crippen molar-refractivity contribution >= 4 is 24.1 Å². The van der Waals surface area contributed by atoms with Gasteiger partial charge in [0, 0.05) is 30.4 Å². The fraction of sp³-hybridized carbons (Fsp3) is 0.647. The van der Waals surface area contributed by atoms with Crippen LogP contribution in [0.5, 0.6) is 0 Å². The summed E-state index contributed by atoms with van der Waals surface area (Å²) in [4.78, 5) is 30.1. The van der Waals surface area contributed by atoms with Crippen molar-refractivity contribution in [2.75, 3.05) is 19.6 Å². The first-order chi connectivity index (χ1) is 10.5. The topological polar surface area (TPSA) is 65.2 Å². The van der Waals surface area contributed by atoms with Gasteiger partial charge in [-0.25, -0.2) is 0 Å². The summed E-state index contributed by atoms with van der Waals surface area (Å²) in [5.74, 6) is 0.0530. The predicted molar refractivity (Wildman–Crippen MR) is 94.8 cm³/mol.